The lowest BCUT2D eigenvalue weighted by molar-refractivity contribution is -0.385. The van der Waals surface area contributed by atoms with Gasteiger partial charge in [0.25, 0.3) is 11.6 Å². The minimum Gasteiger partial charge on any atom is -0.354 e. The van der Waals surface area contributed by atoms with Crippen LogP contribution in [0.1, 0.15) is 33.9 Å². The molecule has 1 aliphatic carbocycles. The second-order valence-corrected chi connectivity index (χ2v) is 7.45. The van der Waals surface area contributed by atoms with Gasteiger partial charge in [0.2, 0.25) is 0 Å². The lowest BCUT2D eigenvalue weighted by Gasteiger charge is -2.25. The van der Waals surface area contributed by atoms with Crippen molar-refractivity contribution in [3.63, 3.8) is 0 Å². The predicted octanol–water partition coefficient (Wildman–Crippen LogP) is 5.16. The van der Waals surface area contributed by atoms with E-state index in [0.717, 1.165) is 40.6 Å². The lowest BCUT2D eigenvalue weighted by Crippen LogP contribution is -2.30. The highest BCUT2D eigenvalue weighted by molar-refractivity contribution is 5.99. The molecule has 2 N–H and O–H groups in total. The number of benzene rings is 3. The quantitative estimate of drug-likeness (QED) is 0.368. The molecule has 0 saturated heterocycles. The first-order chi connectivity index (χ1) is 14.6. The maximum absolute atomic E-state index is 12.9. The summed E-state index contributed by atoms with van der Waals surface area (Å²) in [6.45, 7) is 0. The summed E-state index contributed by atoms with van der Waals surface area (Å²) in [6, 6.07) is 22.1. The summed E-state index contributed by atoms with van der Waals surface area (Å²) in [5, 5.41) is 15.5. The molecule has 0 fully saturated rings. The van der Waals surface area contributed by atoms with Gasteiger partial charge in [-0.25, -0.2) is 0 Å². The molecule has 30 heavy (non-hydrogen) atoms. The number of amides is 1. The molecule has 1 aromatic heterocycles. The maximum Gasteiger partial charge on any atom is 0.282 e. The van der Waals surface area contributed by atoms with Crippen molar-refractivity contribution >= 4 is 22.5 Å². The van der Waals surface area contributed by atoms with Gasteiger partial charge in [-0.2, -0.15) is 0 Å². The molecule has 1 unspecified atom stereocenters. The number of carbonyl (C=O) groups excluding carboxylic acids is 1. The van der Waals surface area contributed by atoms with Crippen molar-refractivity contribution in [2.24, 2.45) is 0 Å². The zero-order valence-corrected chi connectivity index (χ0v) is 16.1. The predicted molar refractivity (Wildman–Crippen MR) is 115 cm³/mol. The number of nitrogens with zero attached hydrogens (tertiary/aromatic N) is 1. The maximum atomic E-state index is 12.9. The molecule has 1 heterocycles. The minimum atomic E-state index is -0.521. The van der Waals surface area contributed by atoms with Crippen LogP contribution in [-0.4, -0.2) is 15.8 Å². The molecule has 1 amide bonds. The van der Waals surface area contributed by atoms with E-state index in [4.69, 9.17) is 0 Å². The van der Waals surface area contributed by atoms with Crippen LogP contribution in [0.2, 0.25) is 0 Å². The second-order valence-electron chi connectivity index (χ2n) is 7.45. The minimum absolute atomic E-state index is 0.0829. The number of nitro benzene ring substituents is 1. The van der Waals surface area contributed by atoms with Crippen LogP contribution >= 0.6 is 0 Å². The topological polar surface area (TPSA) is 88.0 Å². The van der Waals surface area contributed by atoms with E-state index in [1.54, 1.807) is 12.1 Å². The van der Waals surface area contributed by atoms with Gasteiger partial charge < -0.3 is 10.3 Å². The molecule has 0 spiro atoms. The molecule has 4 aromatic rings. The van der Waals surface area contributed by atoms with Gasteiger partial charge >= 0.3 is 0 Å². The number of para-hydroxylation sites is 1. The van der Waals surface area contributed by atoms with Gasteiger partial charge in [-0.3, -0.25) is 14.9 Å². The van der Waals surface area contributed by atoms with E-state index < -0.39 is 10.8 Å². The van der Waals surface area contributed by atoms with Crippen LogP contribution < -0.4 is 5.32 Å². The van der Waals surface area contributed by atoms with Crippen LogP contribution in [0.5, 0.6) is 0 Å². The first-order valence-electron chi connectivity index (χ1n) is 9.86. The van der Waals surface area contributed by atoms with E-state index in [1.807, 2.05) is 36.4 Å². The fourth-order valence-electron chi connectivity index (χ4n) is 4.39. The molecule has 0 aliphatic heterocycles. The Hall–Kier alpha value is -3.93. The number of H-pyrrole nitrogens is 1. The molecule has 0 saturated carbocycles. The van der Waals surface area contributed by atoms with Crippen LogP contribution in [0.4, 0.5) is 5.69 Å². The van der Waals surface area contributed by atoms with Crippen molar-refractivity contribution < 1.29 is 9.72 Å². The molecule has 0 bridgehead atoms. The second kappa shape index (κ2) is 7.15. The molecule has 0 radical (unpaired) electrons. The Labute approximate surface area is 172 Å². The first-order valence-corrected chi connectivity index (χ1v) is 9.86. The molecule has 6 nitrogen and oxygen atoms in total. The number of aryl methyl sites for hydroxylation is 1. The number of hydrogen-bond donors (Lipinski definition) is 2. The monoisotopic (exact) mass is 397 g/mol. The van der Waals surface area contributed by atoms with Gasteiger partial charge in [-0.15, -0.1) is 0 Å². The van der Waals surface area contributed by atoms with Gasteiger partial charge in [0.05, 0.1) is 11.0 Å². The summed E-state index contributed by atoms with van der Waals surface area (Å²) < 4.78 is 0. The summed E-state index contributed by atoms with van der Waals surface area (Å²) in [5.74, 6) is -0.424. The standard InChI is InChI=1S/C24H19N3O3/c28-24(17-9-4-5-12-21(17)27(29)30)26-19-14-13-18-22-16(19)10-6-11-20(22)25-23(18)15-7-2-1-3-8-15/h1-12,19,25H,13-14H2,(H,26,28). The van der Waals surface area contributed by atoms with E-state index in [1.165, 1.54) is 17.7 Å². The van der Waals surface area contributed by atoms with Crippen LogP contribution in [0.15, 0.2) is 72.8 Å². The van der Waals surface area contributed by atoms with Crippen LogP contribution in [-0.2, 0) is 6.42 Å². The van der Waals surface area contributed by atoms with Crippen LogP contribution in [0.25, 0.3) is 22.2 Å². The normalized spacial score (nSPS) is 15.1. The molecule has 1 atom stereocenters. The lowest BCUT2D eigenvalue weighted by atomic mass is 9.86. The smallest absolute Gasteiger partial charge is 0.282 e. The van der Waals surface area contributed by atoms with Crippen molar-refractivity contribution in [1.29, 1.82) is 0 Å². The van der Waals surface area contributed by atoms with E-state index in [0.29, 0.717) is 0 Å². The number of rotatable bonds is 4. The van der Waals surface area contributed by atoms with E-state index in [-0.39, 0.29) is 17.3 Å². The average Bonchev–Trinajstić information content (AvgIpc) is 3.16. The summed E-state index contributed by atoms with van der Waals surface area (Å²) >= 11 is 0. The number of nitrogens with one attached hydrogen (secondary N) is 2. The van der Waals surface area contributed by atoms with Crippen molar-refractivity contribution in [3.8, 4) is 11.3 Å². The molecule has 3 aromatic carbocycles. The fourth-order valence-corrected chi connectivity index (χ4v) is 4.39. The Morgan fingerprint density at radius 2 is 1.77 bits per heavy atom. The van der Waals surface area contributed by atoms with Gasteiger partial charge in [0.1, 0.15) is 5.56 Å². The molecular formula is C24H19N3O3. The highest BCUT2D eigenvalue weighted by atomic mass is 16.6. The summed E-state index contributed by atoms with van der Waals surface area (Å²) in [4.78, 5) is 27.2. The Morgan fingerprint density at radius 1 is 1.00 bits per heavy atom. The number of aromatic amines is 1. The third-order valence-corrected chi connectivity index (χ3v) is 5.73. The highest BCUT2D eigenvalue weighted by Gasteiger charge is 2.28. The van der Waals surface area contributed by atoms with Crippen LogP contribution in [0, 0.1) is 10.1 Å². The van der Waals surface area contributed by atoms with E-state index >= 15 is 0 Å². The largest absolute Gasteiger partial charge is 0.354 e. The van der Waals surface area contributed by atoms with Crippen molar-refractivity contribution in [2.45, 2.75) is 18.9 Å². The van der Waals surface area contributed by atoms with Gasteiger partial charge in [-0.1, -0.05) is 54.6 Å². The molecule has 5 rings (SSSR count). The zero-order chi connectivity index (χ0) is 20.7. The average molecular weight is 397 g/mol. The summed E-state index contributed by atoms with van der Waals surface area (Å²) in [7, 11) is 0. The number of aromatic nitrogens is 1. The summed E-state index contributed by atoms with van der Waals surface area (Å²) in [5.41, 5.74) is 5.48. The third kappa shape index (κ3) is 2.93. The van der Waals surface area contributed by atoms with E-state index in [2.05, 4.69) is 22.4 Å². The molecule has 6 heteroatoms. The number of hydrogen-bond acceptors (Lipinski definition) is 3. The molecular weight excluding hydrogens is 378 g/mol. The Morgan fingerprint density at radius 3 is 2.57 bits per heavy atom. The Balaban J connectivity index is 1.53. The SMILES string of the molecule is O=C(NC1CCc2c(-c3ccccc3)[nH]c3cccc1c23)c1ccccc1[N+](=O)[O-]. The highest BCUT2D eigenvalue weighted by Crippen LogP contribution is 2.40. The number of nitro groups is 1. The fraction of sp³-hybridized carbons (Fsp3) is 0.125. The van der Waals surface area contributed by atoms with Crippen molar-refractivity contribution in [2.75, 3.05) is 0 Å². The van der Waals surface area contributed by atoms with Crippen molar-refractivity contribution in [3.05, 3.63) is 99.6 Å². The van der Waals surface area contributed by atoms with Gasteiger partial charge in [0, 0.05) is 22.7 Å². The Kier molecular flexibility index (Phi) is 4.32. The molecule has 1 aliphatic rings. The van der Waals surface area contributed by atoms with Crippen LogP contribution in [0.3, 0.4) is 0 Å². The third-order valence-electron chi connectivity index (χ3n) is 5.73. The van der Waals surface area contributed by atoms with Crippen molar-refractivity contribution in [1.82, 2.24) is 10.3 Å². The van der Waals surface area contributed by atoms with Gasteiger partial charge in [-0.05, 0) is 41.7 Å². The first kappa shape index (κ1) is 18.1. The van der Waals surface area contributed by atoms with E-state index in [9.17, 15) is 14.9 Å². The zero-order valence-electron chi connectivity index (χ0n) is 16.1. The Bertz CT molecular complexity index is 1280. The molecule has 148 valence electrons. The summed E-state index contributed by atoms with van der Waals surface area (Å²) in [6.07, 6.45) is 1.54. The van der Waals surface area contributed by atoms with Gasteiger partial charge in [0.15, 0.2) is 0 Å². The number of carbonyl (C=O) groups is 1.